The summed E-state index contributed by atoms with van der Waals surface area (Å²) in [5.74, 6) is 1.52. The second-order valence-electron chi connectivity index (χ2n) is 6.48. The molecule has 0 N–H and O–H groups in total. The van der Waals surface area contributed by atoms with E-state index in [0.717, 1.165) is 34.7 Å². The molecule has 0 aromatic heterocycles. The number of rotatable bonds is 4. The number of fused-ring (bicyclic) bond motifs is 1. The zero-order valence-corrected chi connectivity index (χ0v) is 13.8. The molecule has 0 atom stereocenters. The summed E-state index contributed by atoms with van der Waals surface area (Å²) in [6, 6.07) is 14.2. The van der Waals surface area contributed by atoms with Crippen LogP contribution in [0, 0.1) is 5.92 Å². The van der Waals surface area contributed by atoms with E-state index in [1.54, 1.807) is 7.11 Å². The molecule has 0 unspecified atom stereocenters. The fraction of sp³-hybridized carbons (Fsp3) is 0.350. The first-order chi connectivity index (χ1) is 11.8. The average molecular weight is 323 g/mol. The Morgan fingerprint density at radius 3 is 2.79 bits per heavy atom. The van der Waals surface area contributed by atoms with Crippen molar-refractivity contribution in [1.82, 2.24) is 0 Å². The molecule has 1 amide bonds. The molecule has 2 aliphatic rings. The lowest BCUT2D eigenvalue weighted by atomic mass is 10.0. The van der Waals surface area contributed by atoms with Crippen LogP contribution in [0.25, 0.3) is 11.1 Å². The maximum Gasteiger partial charge on any atom is 0.253 e. The van der Waals surface area contributed by atoms with E-state index in [0.29, 0.717) is 12.5 Å². The first-order valence-electron chi connectivity index (χ1n) is 8.40. The van der Waals surface area contributed by atoms with Gasteiger partial charge in [0.15, 0.2) is 0 Å². The monoisotopic (exact) mass is 323 g/mol. The Kier molecular flexibility index (Phi) is 3.98. The molecule has 0 saturated heterocycles. The minimum atomic E-state index is 0.0535. The molecule has 1 aliphatic carbocycles. The van der Waals surface area contributed by atoms with Crippen molar-refractivity contribution in [3.05, 3.63) is 48.0 Å². The molecule has 2 aromatic carbocycles. The zero-order chi connectivity index (χ0) is 16.5. The minimum Gasteiger partial charge on any atom is -0.496 e. The number of carbonyl (C=O) groups excluding carboxylic acids is 1. The van der Waals surface area contributed by atoms with E-state index in [4.69, 9.17) is 9.47 Å². The number of hydrogen-bond acceptors (Lipinski definition) is 3. The van der Waals surface area contributed by atoms with Crippen molar-refractivity contribution in [3.63, 3.8) is 0 Å². The summed E-state index contributed by atoms with van der Waals surface area (Å²) in [5, 5.41) is 0. The Bertz CT molecular complexity index is 767. The molecule has 0 radical (unpaired) electrons. The predicted molar refractivity (Wildman–Crippen MR) is 93.2 cm³/mol. The van der Waals surface area contributed by atoms with Gasteiger partial charge in [0.05, 0.1) is 13.7 Å². The first-order valence-corrected chi connectivity index (χ1v) is 8.40. The molecular formula is C20H21NO3. The number of methoxy groups -OCH3 is 1. The molecule has 1 saturated carbocycles. The van der Waals surface area contributed by atoms with Crippen molar-refractivity contribution in [2.24, 2.45) is 5.92 Å². The number of carbonyl (C=O) groups is 1. The molecule has 1 heterocycles. The van der Waals surface area contributed by atoms with E-state index >= 15 is 0 Å². The number of para-hydroxylation sites is 1. The van der Waals surface area contributed by atoms with Crippen molar-refractivity contribution in [3.8, 4) is 16.9 Å². The first kappa shape index (κ1) is 15.2. The number of nitrogens with zero attached hydrogens (tertiary/aromatic N) is 1. The van der Waals surface area contributed by atoms with Gasteiger partial charge in [0.1, 0.15) is 12.4 Å². The maximum absolute atomic E-state index is 12.5. The summed E-state index contributed by atoms with van der Waals surface area (Å²) in [5.41, 5.74) is 4.14. The normalized spacial score (nSPS) is 17.4. The van der Waals surface area contributed by atoms with Crippen LogP contribution in [0.3, 0.4) is 0 Å². The molecule has 1 aliphatic heterocycles. The number of amides is 1. The zero-order valence-electron chi connectivity index (χ0n) is 13.8. The molecule has 24 heavy (non-hydrogen) atoms. The molecule has 4 nitrogen and oxygen atoms in total. The van der Waals surface area contributed by atoms with Crippen LogP contribution in [0.15, 0.2) is 42.5 Å². The third-order valence-corrected chi connectivity index (χ3v) is 4.72. The van der Waals surface area contributed by atoms with Crippen LogP contribution in [-0.2, 0) is 16.1 Å². The van der Waals surface area contributed by atoms with Crippen LogP contribution in [-0.4, -0.2) is 26.2 Å². The lowest BCUT2D eigenvalue weighted by molar-refractivity contribution is -0.123. The van der Waals surface area contributed by atoms with Crippen molar-refractivity contribution in [1.29, 1.82) is 0 Å². The lowest BCUT2D eigenvalue weighted by Crippen LogP contribution is -2.34. The lowest BCUT2D eigenvalue weighted by Gasteiger charge is -2.23. The molecule has 0 bridgehead atoms. The summed E-state index contributed by atoms with van der Waals surface area (Å²) >= 11 is 0. The van der Waals surface area contributed by atoms with Crippen LogP contribution >= 0.6 is 0 Å². The molecule has 4 heteroatoms. The Hall–Kier alpha value is -2.33. The highest BCUT2D eigenvalue weighted by molar-refractivity contribution is 5.96. The van der Waals surface area contributed by atoms with Gasteiger partial charge in [0.2, 0.25) is 0 Å². The largest absolute Gasteiger partial charge is 0.496 e. The number of anilines is 1. The van der Waals surface area contributed by atoms with Crippen LogP contribution in [0.5, 0.6) is 5.75 Å². The summed E-state index contributed by atoms with van der Waals surface area (Å²) in [4.78, 5) is 14.4. The highest BCUT2D eigenvalue weighted by Crippen LogP contribution is 2.37. The van der Waals surface area contributed by atoms with Crippen molar-refractivity contribution < 1.29 is 14.3 Å². The van der Waals surface area contributed by atoms with E-state index in [1.165, 1.54) is 12.8 Å². The van der Waals surface area contributed by atoms with Gasteiger partial charge >= 0.3 is 0 Å². The van der Waals surface area contributed by atoms with E-state index in [9.17, 15) is 4.79 Å². The maximum atomic E-state index is 12.5. The second kappa shape index (κ2) is 6.29. The fourth-order valence-corrected chi connectivity index (χ4v) is 3.21. The third kappa shape index (κ3) is 2.89. The fourth-order valence-electron chi connectivity index (χ4n) is 3.21. The number of ether oxygens (including phenoxy) is 2. The Morgan fingerprint density at radius 2 is 2.00 bits per heavy atom. The van der Waals surface area contributed by atoms with E-state index in [2.05, 4.69) is 18.2 Å². The Labute approximate surface area is 142 Å². The van der Waals surface area contributed by atoms with Gasteiger partial charge in [-0.1, -0.05) is 30.3 Å². The van der Waals surface area contributed by atoms with Crippen LogP contribution in [0.1, 0.15) is 18.4 Å². The SMILES string of the molecule is COc1ccccc1-c1ccc2c(c1)N(CC1CC1)C(=O)COC2. The average Bonchev–Trinajstić information content (AvgIpc) is 3.44. The number of hydrogen-bond donors (Lipinski definition) is 0. The van der Waals surface area contributed by atoms with Gasteiger partial charge in [-0.25, -0.2) is 0 Å². The van der Waals surface area contributed by atoms with Gasteiger partial charge in [0.25, 0.3) is 5.91 Å². The standard InChI is InChI=1S/C20H21NO3/c1-23-19-5-3-2-4-17(19)15-8-9-16-12-24-13-20(22)21(18(16)10-15)11-14-6-7-14/h2-5,8-10,14H,6-7,11-13H2,1H3. The summed E-state index contributed by atoms with van der Waals surface area (Å²) in [6.07, 6.45) is 2.43. The van der Waals surface area contributed by atoms with Crippen molar-refractivity contribution >= 4 is 11.6 Å². The van der Waals surface area contributed by atoms with Gasteiger partial charge in [-0.05, 0) is 36.5 Å². The molecule has 4 rings (SSSR count). The minimum absolute atomic E-state index is 0.0535. The molecular weight excluding hydrogens is 302 g/mol. The summed E-state index contributed by atoms with van der Waals surface area (Å²) < 4.78 is 11.0. The van der Waals surface area contributed by atoms with Crippen molar-refractivity contribution in [2.75, 3.05) is 25.2 Å². The van der Waals surface area contributed by atoms with Gasteiger partial charge in [-0.15, -0.1) is 0 Å². The highest BCUT2D eigenvalue weighted by Gasteiger charge is 2.30. The quantitative estimate of drug-likeness (QED) is 0.862. The Morgan fingerprint density at radius 1 is 1.17 bits per heavy atom. The van der Waals surface area contributed by atoms with Gasteiger partial charge in [-0.2, -0.15) is 0 Å². The van der Waals surface area contributed by atoms with Crippen molar-refractivity contribution in [2.45, 2.75) is 19.4 Å². The van der Waals surface area contributed by atoms with Gasteiger partial charge < -0.3 is 14.4 Å². The molecule has 124 valence electrons. The van der Waals surface area contributed by atoms with Crippen LogP contribution < -0.4 is 9.64 Å². The van der Waals surface area contributed by atoms with E-state index in [-0.39, 0.29) is 12.5 Å². The predicted octanol–water partition coefficient (Wildman–Crippen LogP) is 3.64. The molecule has 1 fully saturated rings. The van der Waals surface area contributed by atoms with Gasteiger partial charge in [-0.3, -0.25) is 4.79 Å². The van der Waals surface area contributed by atoms with E-state index in [1.807, 2.05) is 29.2 Å². The Balaban J connectivity index is 1.78. The van der Waals surface area contributed by atoms with Crippen LogP contribution in [0.2, 0.25) is 0 Å². The third-order valence-electron chi connectivity index (χ3n) is 4.72. The summed E-state index contributed by atoms with van der Waals surface area (Å²) in [7, 11) is 1.68. The highest BCUT2D eigenvalue weighted by atomic mass is 16.5. The van der Waals surface area contributed by atoms with E-state index < -0.39 is 0 Å². The molecule has 0 spiro atoms. The topological polar surface area (TPSA) is 38.8 Å². The smallest absolute Gasteiger partial charge is 0.253 e. The van der Waals surface area contributed by atoms with Gasteiger partial charge in [0, 0.05) is 23.4 Å². The number of benzene rings is 2. The second-order valence-corrected chi connectivity index (χ2v) is 6.48. The van der Waals surface area contributed by atoms with Crippen LogP contribution in [0.4, 0.5) is 5.69 Å². The summed E-state index contributed by atoms with van der Waals surface area (Å²) in [6.45, 7) is 1.43. The molecule has 2 aromatic rings.